The van der Waals surface area contributed by atoms with Gasteiger partial charge in [-0.3, -0.25) is 0 Å². The molecule has 0 aliphatic carbocycles. The second-order valence-electron chi connectivity index (χ2n) is 3.00. The third-order valence-electron chi connectivity index (χ3n) is 2.05. The van der Waals surface area contributed by atoms with Crippen LogP contribution in [0.2, 0.25) is 0 Å². The van der Waals surface area contributed by atoms with Gasteiger partial charge in [-0.1, -0.05) is 18.2 Å². The number of hydrogen-bond acceptors (Lipinski definition) is 2. The van der Waals surface area contributed by atoms with Crippen LogP contribution in [-0.2, 0) is 6.42 Å². The molecule has 3 N–H and O–H groups in total. The molecule has 0 saturated carbocycles. The second-order valence-corrected chi connectivity index (χ2v) is 3.00. The van der Waals surface area contributed by atoms with E-state index in [2.05, 4.69) is 23.5 Å². The van der Waals surface area contributed by atoms with Crippen LogP contribution in [0.25, 0.3) is 0 Å². The van der Waals surface area contributed by atoms with Gasteiger partial charge < -0.3 is 11.1 Å². The van der Waals surface area contributed by atoms with Crippen LogP contribution >= 0.6 is 12.4 Å². The van der Waals surface area contributed by atoms with E-state index >= 15 is 0 Å². The lowest BCUT2D eigenvalue weighted by Crippen LogP contribution is -2.35. The van der Waals surface area contributed by atoms with Crippen molar-refractivity contribution in [1.29, 1.82) is 0 Å². The Morgan fingerprint density at radius 3 is 2.92 bits per heavy atom. The van der Waals surface area contributed by atoms with Crippen LogP contribution in [-0.4, -0.2) is 12.6 Å². The predicted molar refractivity (Wildman–Crippen MR) is 53.9 cm³/mol. The highest BCUT2D eigenvalue weighted by Gasteiger charge is 2.12. The van der Waals surface area contributed by atoms with E-state index in [1.165, 1.54) is 11.3 Å². The van der Waals surface area contributed by atoms with E-state index in [0.29, 0.717) is 0 Å². The van der Waals surface area contributed by atoms with Crippen LogP contribution in [0.1, 0.15) is 5.56 Å². The standard InChI is InChI=1S/C9H12N2.ClH/c10-8-5-7-3-1-2-4-9(7)11-6-8;/h1-4,8,11H,5-6,10H2;1H. The molecule has 2 rings (SSSR count). The second kappa shape index (κ2) is 3.78. The van der Waals surface area contributed by atoms with Crippen molar-refractivity contribution in [3.63, 3.8) is 0 Å². The Hall–Kier alpha value is -0.730. The van der Waals surface area contributed by atoms with Crippen LogP contribution < -0.4 is 11.1 Å². The predicted octanol–water partition coefficient (Wildman–Crippen LogP) is 1.40. The highest BCUT2D eigenvalue weighted by Crippen LogP contribution is 2.19. The van der Waals surface area contributed by atoms with Crippen molar-refractivity contribution in [2.24, 2.45) is 5.73 Å². The third kappa shape index (κ3) is 1.71. The molecule has 0 amide bonds. The summed E-state index contributed by atoms with van der Waals surface area (Å²) in [5, 5.41) is 3.29. The molecule has 66 valence electrons. The summed E-state index contributed by atoms with van der Waals surface area (Å²) in [6, 6.07) is 8.61. The first kappa shape index (κ1) is 9.36. The van der Waals surface area contributed by atoms with Gasteiger partial charge >= 0.3 is 0 Å². The zero-order chi connectivity index (χ0) is 7.68. The van der Waals surface area contributed by atoms with Gasteiger partial charge in [0.2, 0.25) is 0 Å². The molecule has 12 heavy (non-hydrogen) atoms. The number of hydrogen-bond donors (Lipinski definition) is 2. The molecule has 1 aliphatic heterocycles. The van der Waals surface area contributed by atoms with Gasteiger partial charge in [-0.2, -0.15) is 0 Å². The van der Waals surface area contributed by atoms with Crippen molar-refractivity contribution in [3.05, 3.63) is 29.8 Å². The van der Waals surface area contributed by atoms with Crippen LogP contribution in [0, 0.1) is 0 Å². The van der Waals surface area contributed by atoms with Gasteiger partial charge in [0.15, 0.2) is 0 Å². The largest absolute Gasteiger partial charge is 0.383 e. The fourth-order valence-electron chi connectivity index (χ4n) is 1.47. The molecule has 0 aromatic heterocycles. The van der Waals surface area contributed by atoms with E-state index in [4.69, 9.17) is 5.73 Å². The van der Waals surface area contributed by atoms with Gasteiger partial charge in [0.1, 0.15) is 0 Å². The highest BCUT2D eigenvalue weighted by atomic mass is 35.5. The molecule has 0 spiro atoms. The Balaban J connectivity index is 0.000000720. The molecule has 1 aliphatic rings. The first-order valence-electron chi connectivity index (χ1n) is 3.93. The highest BCUT2D eigenvalue weighted by molar-refractivity contribution is 5.85. The molecule has 1 aromatic carbocycles. The van der Waals surface area contributed by atoms with Gasteiger partial charge in [-0.05, 0) is 18.1 Å². The summed E-state index contributed by atoms with van der Waals surface area (Å²) in [5.41, 5.74) is 8.37. The summed E-state index contributed by atoms with van der Waals surface area (Å²) in [6.07, 6.45) is 1.00. The topological polar surface area (TPSA) is 38.0 Å². The SMILES string of the molecule is Cl.NC1CNc2ccccc2C1. The zero-order valence-corrected chi connectivity index (χ0v) is 7.60. The Morgan fingerprint density at radius 2 is 2.08 bits per heavy atom. The summed E-state index contributed by atoms with van der Waals surface area (Å²) in [4.78, 5) is 0. The number of rotatable bonds is 0. The minimum Gasteiger partial charge on any atom is -0.383 e. The Bertz CT molecular complexity index is 262. The Labute approximate surface area is 78.6 Å². The van der Waals surface area contributed by atoms with E-state index in [-0.39, 0.29) is 18.4 Å². The number of anilines is 1. The zero-order valence-electron chi connectivity index (χ0n) is 6.79. The molecular formula is C9H13ClN2. The van der Waals surface area contributed by atoms with Crippen molar-refractivity contribution < 1.29 is 0 Å². The molecule has 2 nitrogen and oxygen atoms in total. The van der Waals surface area contributed by atoms with Gasteiger partial charge in [0.05, 0.1) is 0 Å². The quantitative estimate of drug-likeness (QED) is 0.640. The third-order valence-corrected chi connectivity index (χ3v) is 2.05. The molecule has 1 unspecified atom stereocenters. The number of halogens is 1. The molecule has 3 heteroatoms. The molecule has 1 atom stereocenters. The van der Waals surface area contributed by atoms with Crippen molar-refractivity contribution in [2.75, 3.05) is 11.9 Å². The van der Waals surface area contributed by atoms with Gasteiger partial charge in [-0.15, -0.1) is 12.4 Å². The summed E-state index contributed by atoms with van der Waals surface area (Å²) < 4.78 is 0. The molecule has 0 radical (unpaired) electrons. The number of nitrogens with one attached hydrogen (secondary N) is 1. The number of para-hydroxylation sites is 1. The smallest absolute Gasteiger partial charge is 0.0373 e. The molecule has 1 heterocycles. The van der Waals surface area contributed by atoms with Crippen LogP contribution in [0.15, 0.2) is 24.3 Å². The van der Waals surface area contributed by atoms with E-state index in [1.807, 2.05) is 6.07 Å². The summed E-state index contributed by atoms with van der Waals surface area (Å²) >= 11 is 0. The minimum absolute atomic E-state index is 0. The first-order valence-corrected chi connectivity index (χ1v) is 3.93. The number of benzene rings is 1. The maximum absolute atomic E-state index is 5.79. The summed E-state index contributed by atoms with van der Waals surface area (Å²) in [6.45, 7) is 0.900. The lowest BCUT2D eigenvalue weighted by molar-refractivity contribution is 0.679. The van der Waals surface area contributed by atoms with Crippen molar-refractivity contribution in [1.82, 2.24) is 0 Å². The first-order chi connectivity index (χ1) is 5.36. The van der Waals surface area contributed by atoms with E-state index < -0.39 is 0 Å². The van der Waals surface area contributed by atoms with Crippen molar-refractivity contribution >= 4 is 18.1 Å². The Morgan fingerprint density at radius 1 is 1.33 bits per heavy atom. The van der Waals surface area contributed by atoms with E-state index in [9.17, 15) is 0 Å². The van der Waals surface area contributed by atoms with Gasteiger partial charge in [0.25, 0.3) is 0 Å². The summed E-state index contributed by atoms with van der Waals surface area (Å²) in [5.74, 6) is 0. The van der Waals surface area contributed by atoms with Gasteiger partial charge in [0, 0.05) is 18.3 Å². The number of fused-ring (bicyclic) bond motifs is 1. The average molecular weight is 185 g/mol. The fraction of sp³-hybridized carbons (Fsp3) is 0.333. The fourth-order valence-corrected chi connectivity index (χ4v) is 1.47. The van der Waals surface area contributed by atoms with E-state index in [0.717, 1.165) is 13.0 Å². The molecule has 0 fully saturated rings. The van der Waals surface area contributed by atoms with Gasteiger partial charge in [-0.25, -0.2) is 0 Å². The maximum Gasteiger partial charge on any atom is 0.0373 e. The molecule has 1 aromatic rings. The normalized spacial score (nSPS) is 20.2. The van der Waals surface area contributed by atoms with Crippen LogP contribution in [0.4, 0.5) is 5.69 Å². The number of nitrogens with two attached hydrogens (primary N) is 1. The molecular weight excluding hydrogens is 172 g/mol. The average Bonchev–Trinajstić information content (AvgIpc) is 2.04. The monoisotopic (exact) mass is 184 g/mol. The van der Waals surface area contributed by atoms with Crippen molar-refractivity contribution in [3.8, 4) is 0 Å². The maximum atomic E-state index is 5.79. The Kier molecular flexibility index (Phi) is 2.95. The minimum atomic E-state index is 0. The summed E-state index contributed by atoms with van der Waals surface area (Å²) in [7, 11) is 0. The lowest BCUT2D eigenvalue weighted by atomic mass is 10.0. The molecule has 0 saturated heterocycles. The van der Waals surface area contributed by atoms with Crippen LogP contribution in [0.3, 0.4) is 0 Å². The van der Waals surface area contributed by atoms with E-state index in [1.54, 1.807) is 0 Å². The van der Waals surface area contributed by atoms with Crippen LogP contribution in [0.5, 0.6) is 0 Å². The van der Waals surface area contributed by atoms with Crippen molar-refractivity contribution in [2.45, 2.75) is 12.5 Å². The molecule has 0 bridgehead atoms. The lowest BCUT2D eigenvalue weighted by Gasteiger charge is -2.22.